The van der Waals surface area contributed by atoms with Gasteiger partial charge >= 0.3 is 0 Å². The molecule has 3 N–H and O–H groups in total. The molecular weight excluding hydrogens is 224 g/mol. The Kier molecular flexibility index (Phi) is 3.81. The van der Waals surface area contributed by atoms with Crippen LogP contribution in [0.15, 0.2) is 18.2 Å². The van der Waals surface area contributed by atoms with E-state index in [-0.39, 0.29) is 11.4 Å². The van der Waals surface area contributed by atoms with Gasteiger partial charge in [0.15, 0.2) is 0 Å². The van der Waals surface area contributed by atoms with Crippen LogP contribution in [-0.4, -0.2) is 11.4 Å². The Morgan fingerprint density at radius 2 is 2.12 bits per heavy atom. The Labute approximate surface area is 101 Å². The summed E-state index contributed by atoms with van der Waals surface area (Å²) >= 11 is 5.97. The third kappa shape index (κ3) is 2.89. The molecule has 1 aromatic carbocycles. The van der Waals surface area contributed by atoms with Crippen LogP contribution in [0.25, 0.3) is 0 Å². The number of amides is 1. The molecule has 1 aromatic rings. The van der Waals surface area contributed by atoms with E-state index >= 15 is 0 Å². The SMILES string of the molecule is CCC(C)(C)NC(=O)c1cccc(N)c1Cl. The zero-order chi connectivity index (χ0) is 12.3. The van der Waals surface area contributed by atoms with Crippen molar-refractivity contribution in [1.29, 1.82) is 0 Å². The first-order valence-corrected chi connectivity index (χ1v) is 5.61. The number of halogens is 1. The second kappa shape index (κ2) is 4.74. The van der Waals surface area contributed by atoms with E-state index in [0.29, 0.717) is 16.3 Å². The maximum Gasteiger partial charge on any atom is 0.253 e. The van der Waals surface area contributed by atoms with Gasteiger partial charge in [-0.3, -0.25) is 4.79 Å². The molecule has 0 unspecified atom stereocenters. The van der Waals surface area contributed by atoms with Crippen LogP contribution in [0.4, 0.5) is 5.69 Å². The standard InChI is InChI=1S/C12H17ClN2O/c1-4-12(2,3)15-11(16)8-6-5-7-9(14)10(8)13/h5-7H,4,14H2,1-3H3,(H,15,16). The lowest BCUT2D eigenvalue weighted by molar-refractivity contribution is 0.0911. The number of hydrogen-bond donors (Lipinski definition) is 2. The monoisotopic (exact) mass is 240 g/mol. The third-order valence-electron chi connectivity index (χ3n) is 2.61. The maximum atomic E-state index is 11.9. The molecule has 4 heteroatoms. The molecule has 1 amide bonds. The summed E-state index contributed by atoms with van der Waals surface area (Å²) in [4.78, 5) is 11.9. The average molecular weight is 241 g/mol. The predicted octanol–water partition coefficient (Wildman–Crippen LogP) is 2.84. The molecule has 16 heavy (non-hydrogen) atoms. The zero-order valence-corrected chi connectivity index (χ0v) is 10.6. The summed E-state index contributed by atoms with van der Waals surface area (Å²) in [6.45, 7) is 5.94. The molecule has 0 heterocycles. The Hall–Kier alpha value is -1.22. The van der Waals surface area contributed by atoms with Gasteiger partial charge in [-0.15, -0.1) is 0 Å². The molecule has 0 saturated carbocycles. The quantitative estimate of drug-likeness (QED) is 0.799. The Balaban J connectivity index is 2.94. The van der Waals surface area contributed by atoms with E-state index in [1.165, 1.54) is 0 Å². The predicted molar refractivity (Wildman–Crippen MR) is 67.7 cm³/mol. The van der Waals surface area contributed by atoms with E-state index in [9.17, 15) is 4.79 Å². The van der Waals surface area contributed by atoms with E-state index in [2.05, 4.69) is 5.32 Å². The highest BCUT2D eigenvalue weighted by atomic mass is 35.5. The van der Waals surface area contributed by atoms with Gasteiger partial charge in [0.25, 0.3) is 5.91 Å². The fourth-order valence-corrected chi connectivity index (χ4v) is 1.40. The molecule has 88 valence electrons. The summed E-state index contributed by atoms with van der Waals surface area (Å²) in [5.41, 5.74) is 6.24. The smallest absolute Gasteiger partial charge is 0.253 e. The lowest BCUT2D eigenvalue weighted by atomic mass is 10.0. The fraction of sp³-hybridized carbons (Fsp3) is 0.417. The van der Waals surface area contributed by atoms with Crippen LogP contribution >= 0.6 is 11.6 Å². The van der Waals surface area contributed by atoms with Crippen LogP contribution in [0.3, 0.4) is 0 Å². The van der Waals surface area contributed by atoms with Gasteiger partial charge in [-0.1, -0.05) is 24.6 Å². The van der Waals surface area contributed by atoms with Crippen molar-refractivity contribution >= 4 is 23.2 Å². The van der Waals surface area contributed by atoms with E-state index < -0.39 is 0 Å². The van der Waals surface area contributed by atoms with Gasteiger partial charge < -0.3 is 11.1 Å². The second-order valence-corrected chi connectivity index (χ2v) is 4.78. The summed E-state index contributed by atoms with van der Waals surface area (Å²) in [5.74, 6) is -0.191. The summed E-state index contributed by atoms with van der Waals surface area (Å²) in [6.07, 6.45) is 0.846. The summed E-state index contributed by atoms with van der Waals surface area (Å²) in [7, 11) is 0. The summed E-state index contributed by atoms with van der Waals surface area (Å²) in [5, 5.41) is 3.22. The first-order chi connectivity index (χ1) is 7.37. The van der Waals surface area contributed by atoms with Gasteiger partial charge in [-0.05, 0) is 32.4 Å². The number of anilines is 1. The molecule has 3 nitrogen and oxygen atoms in total. The third-order valence-corrected chi connectivity index (χ3v) is 3.03. The van der Waals surface area contributed by atoms with Gasteiger partial charge in [0.1, 0.15) is 0 Å². The number of nitrogens with one attached hydrogen (secondary N) is 1. The minimum Gasteiger partial charge on any atom is -0.398 e. The van der Waals surface area contributed by atoms with Crippen molar-refractivity contribution in [3.05, 3.63) is 28.8 Å². The lowest BCUT2D eigenvalue weighted by Gasteiger charge is -2.24. The van der Waals surface area contributed by atoms with Crippen LogP contribution in [0.1, 0.15) is 37.6 Å². The Morgan fingerprint density at radius 3 is 2.69 bits per heavy atom. The average Bonchev–Trinajstić information content (AvgIpc) is 2.21. The number of benzene rings is 1. The van der Waals surface area contributed by atoms with Crippen LogP contribution in [0.2, 0.25) is 5.02 Å². The summed E-state index contributed by atoms with van der Waals surface area (Å²) < 4.78 is 0. The molecule has 0 spiro atoms. The van der Waals surface area contributed by atoms with Crippen LogP contribution in [-0.2, 0) is 0 Å². The number of nitrogens with two attached hydrogens (primary N) is 1. The van der Waals surface area contributed by atoms with Gasteiger partial charge in [0.2, 0.25) is 0 Å². The van der Waals surface area contributed by atoms with Crippen molar-refractivity contribution in [1.82, 2.24) is 5.32 Å². The molecule has 0 atom stereocenters. The molecular formula is C12H17ClN2O. The highest BCUT2D eigenvalue weighted by Crippen LogP contribution is 2.23. The number of rotatable bonds is 3. The molecule has 0 saturated heterocycles. The molecule has 0 radical (unpaired) electrons. The molecule has 0 bridgehead atoms. The molecule has 0 aliphatic rings. The summed E-state index contributed by atoms with van der Waals surface area (Å²) in [6, 6.07) is 5.05. The normalized spacial score (nSPS) is 11.2. The Bertz CT molecular complexity index is 402. The number of hydrogen-bond acceptors (Lipinski definition) is 2. The van der Waals surface area contributed by atoms with Crippen LogP contribution in [0, 0.1) is 0 Å². The van der Waals surface area contributed by atoms with E-state index in [0.717, 1.165) is 6.42 Å². The van der Waals surface area contributed by atoms with Crippen molar-refractivity contribution in [2.75, 3.05) is 5.73 Å². The van der Waals surface area contributed by atoms with Crippen molar-refractivity contribution in [3.8, 4) is 0 Å². The van der Waals surface area contributed by atoms with Crippen molar-refractivity contribution in [2.24, 2.45) is 0 Å². The number of carbonyl (C=O) groups excluding carboxylic acids is 1. The first kappa shape index (κ1) is 12.8. The van der Waals surface area contributed by atoms with Crippen molar-refractivity contribution in [2.45, 2.75) is 32.7 Å². The zero-order valence-electron chi connectivity index (χ0n) is 9.80. The fourth-order valence-electron chi connectivity index (χ4n) is 1.19. The van der Waals surface area contributed by atoms with E-state index in [1.807, 2.05) is 20.8 Å². The topological polar surface area (TPSA) is 55.1 Å². The first-order valence-electron chi connectivity index (χ1n) is 5.24. The van der Waals surface area contributed by atoms with Crippen LogP contribution in [0.5, 0.6) is 0 Å². The molecule has 0 aromatic heterocycles. The second-order valence-electron chi connectivity index (χ2n) is 4.40. The van der Waals surface area contributed by atoms with Crippen molar-refractivity contribution < 1.29 is 4.79 Å². The molecule has 0 aliphatic carbocycles. The molecule has 0 aliphatic heterocycles. The van der Waals surface area contributed by atoms with E-state index in [4.69, 9.17) is 17.3 Å². The van der Waals surface area contributed by atoms with Gasteiger partial charge in [-0.25, -0.2) is 0 Å². The highest BCUT2D eigenvalue weighted by Gasteiger charge is 2.20. The van der Waals surface area contributed by atoms with Gasteiger partial charge in [0.05, 0.1) is 16.3 Å². The minimum absolute atomic E-state index is 0.191. The highest BCUT2D eigenvalue weighted by molar-refractivity contribution is 6.36. The largest absolute Gasteiger partial charge is 0.398 e. The minimum atomic E-state index is -0.245. The van der Waals surface area contributed by atoms with E-state index in [1.54, 1.807) is 18.2 Å². The number of nitrogen functional groups attached to an aromatic ring is 1. The van der Waals surface area contributed by atoms with Gasteiger partial charge in [0, 0.05) is 5.54 Å². The Morgan fingerprint density at radius 1 is 1.50 bits per heavy atom. The molecule has 0 fully saturated rings. The molecule has 1 rings (SSSR count). The maximum absolute atomic E-state index is 11.9. The number of carbonyl (C=O) groups is 1. The van der Waals surface area contributed by atoms with Crippen LogP contribution < -0.4 is 11.1 Å². The van der Waals surface area contributed by atoms with Gasteiger partial charge in [-0.2, -0.15) is 0 Å². The lowest BCUT2D eigenvalue weighted by Crippen LogP contribution is -2.42. The van der Waals surface area contributed by atoms with Crippen molar-refractivity contribution in [3.63, 3.8) is 0 Å².